The molecular weight excluding hydrogens is 494 g/mol. The van der Waals surface area contributed by atoms with Crippen LogP contribution in [0.3, 0.4) is 0 Å². The number of nitrogens with zero attached hydrogens (tertiary/aromatic N) is 1. The van der Waals surface area contributed by atoms with E-state index in [1.165, 1.54) is 19.6 Å². The molecule has 0 aromatic heterocycles. The van der Waals surface area contributed by atoms with E-state index >= 15 is 0 Å². The van der Waals surface area contributed by atoms with Gasteiger partial charge in [-0.15, -0.1) is 0 Å². The summed E-state index contributed by atoms with van der Waals surface area (Å²) < 4.78 is 16.8. The summed E-state index contributed by atoms with van der Waals surface area (Å²) in [5.41, 5.74) is 0.207. The number of fused-ring (bicyclic) bond motifs is 1. The molecule has 0 N–H and O–H groups in total. The molecule has 2 aliphatic heterocycles. The molecule has 1 aromatic rings. The zero-order chi connectivity index (χ0) is 29.1. The van der Waals surface area contributed by atoms with E-state index in [1.807, 2.05) is 32.9 Å². The summed E-state index contributed by atoms with van der Waals surface area (Å²) in [7, 11) is 3.18. The van der Waals surface area contributed by atoms with E-state index in [-0.39, 0.29) is 41.4 Å². The molecule has 0 saturated carbocycles. The van der Waals surface area contributed by atoms with Crippen LogP contribution < -0.4 is 4.74 Å². The van der Waals surface area contributed by atoms with E-state index in [4.69, 9.17) is 14.2 Å². The second-order valence-corrected chi connectivity index (χ2v) is 12.7. The average molecular weight is 544 g/mol. The number of rotatable bonds is 5. The number of Topliss-reactive ketones (excluding diaryl/α,β-unsaturated/α-hetero) is 2. The van der Waals surface area contributed by atoms with Crippen LogP contribution in [-0.2, 0) is 30.4 Å². The predicted octanol–water partition coefficient (Wildman–Crippen LogP) is 5.62. The molecule has 1 unspecified atom stereocenters. The van der Waals surface area contributed by atoms with Crippen molar-refractivity contribution in [2.75, 3.05) is 14.2 Å². The van der Waals surface area contributed by atoms with Crippen molar-refractivity contribution in [3.8, 4) is 5.75 Å². The van der Waals surface area contributed by atoms with E-state index in [9.17, 15) is 14.4 Å². The van der Waals surface area contributed by atoms with Gasteiger partial charge in [-0.3, -0.25) is 19.3 Å². The van der Waals surface area contributed by atoms with Crippen molar-refractivity contribution in [2.24, 2.45) is 23.2 Å². The molecule has 7 heteroatoms. The quantitative estimate of drug-likeness (QED) is 0.352. The fourth-order valence-electron chi connectivity index (χ4n) is 6.50. The van der Waals surface area contributed by atoms with Crippen molar-refractivity contribution in [1.29, 1.82) is 0 Å². The van der Waals surface area contributed by atoms with Crippen LogP contribution in [0.2, 0.25) is 0 Å². The van der Waals surface area contributed by atoms with Crippen LogP contribution in [0.15, 0.2) is 24.3 Å². The standard InChI is InChI=1S/C32H49NO6/c1-20-11-10-16-32(7)27(33(32)19-24-12-14-25(37-8)15-13-24)17-26(23(4)34)39-29(35)18-28(38-9)31(5,6)30(36)22(3)21(20)2/h12-15,20-22,26-28H,10-11,16-19H2,1-9H3/t20-,21-,22+,26-,27-,28-,32+,33?/m0/s1. The number of ketones is 2. The predicted molar refractivity (Wildman–Crippen MR) is 151 cm³/mol. The lowest BCUT2D eigenvalue weighted by atomic mass is 9.70. The van der Waals surface area contributed by atoms with Crippen LogP contribution >= 0.6 is 0 Å². The summed E-state index contributed by atoms with van der Waals surface area (Å²) in [6.45, 7) is 14.6. The topological polar surface area (TPSA) is 81.9 Å². The Labute approximate surface area is 234 Å². The maximum atomic E-state index is 13.6. The van der Waals surface area contributed by atoms with Gasteiger partial charge in [0.1, 0.15) is 11.5 Å². The summed E-state index contributed by atoms with van der Waals surface area (Å²) in [6.07, 6.45) is 1.93. The molecule has 39 heavy (non-hydrogen) atoms. The van der Waals surface area contributed by atoms with Crippen molar-refractivity contribution < 1.29 is 28.6 Å². The van der Waals surface area contributed by atoms with Crippen molar-refractivity contribution in [1.82, 2.24) is 4.90 Å². The van der Waals surface area contributed by atoms with Crippen LogP contribution in [0.4, 0.5) is 0 Å². The lowest BCUT2D eigenvalue weighted by Crippen LogP contribution is -2.45. The second kappa shape index (κ2) is 12.5. The van der Waals surface area contributed by atoms with Gasteiger partial charge >= 0.3 is 5.97 Å². The first kappa shape index (κ1) is 31.3. The number of carbonyl (C=O) groups excluding carboxylic acids is 3. The highest BCUT2D eigenvalue weighted by Gasteiger charge is 2.59. The fourth-order valence-corrected chi connectivity index (χ4v) is 6.50. The molecule has 218 valence electrons. The van der Waals surface area contributed by atoms with Crippen LogP contribution in [0, 0.1) is 23.2 Å². The molecule has 8 atom stereocenters. The number of cyclic esters (lactones) is 1. The van der Waals surface area contributed by atoms with Gasteiger partial charge in [0, 0.05) is 37.6 Å². The fraction of sp³-hybridized carbons (Fsp3) is 0.719. The van der Waals surface area contributed by atoms with Gasteiger partial charge in [-0.25, -0.2) is 0 Å². The maximum Gasteiger partial charge on any atom is 0.309 e. The summed E-state index contributed by atoms with van der Waals surface area (Å²) in [4.78, 5) is 41.8. The Kier molecular flexibility index (Phi) is 10.0. The van der Waals surface area contributed by atoms with Crippen LogP contribution in [0.25, 0.3) is 0 Å². The van der Waals surface area contributed by atoms with Gasteiger partial charge in [0.15, 0.2) is 11.9 Å². The van der Waals surface area contributed by atoms with Crippen molar-refractivity contribution >= 4 is 17.5 Å². The number of methoxy groups -OCH3 is 2. The molecule has 2 aliphatic rings. The molecule has 2 saturated heterocycles. The Morgan fingerprint density at radius 3 is 2.28 bits per heavy atom. The third kappa shape index (κ3) is 6.91. The van der Waals surface area contributed by atoms with E-state index in [0.29, 0.717) is 12.3 Å². The molecule has 0 bridgehead atoms. The molecule has 1 aromatic carbocycles. The van der Waals surface area contributed by atoms with Gasteiger partial charge in [0.05, 0.1) is 25.0 Å². The first-order valence-corrected chi connectivity index (χ1v) is 14.4. The van der Waals surface area contributed by atoms with Gasteiger partial charge in [0.2, 0.25) is 0 Å². The highest BCUT2D eigenvalue weighted by molar-refractivity contribution is 5.88. The Morgan fingerprint density at radius 2 is 1.72 bits per heavy atom. The molecule has 0 radical (unpaired) electrons. The summed E-state index contributed by atoms with van der Waals surface area (Å²) in [5.74, 6) is 0.651. The van der Waals surface area contributed by atoms with E-state index in [0.717, 1.165) is 31.6 Å². The number of hydrogen-bond donors (Lipinski definition) is 0. The van der Waals surface area contributed by atoms with Crippen molar-refractivity contribution in [2.45, 2.75) is 111 Å². The van der Waals surface area contributed by atoms with Crippen molar-refractivity contribution in [3.63, 3.8) is 0 Å². The minimum Gasteiger partial charge on any atom is -0.497 e. The number of hydrogen-bond acceptors (Lipinski definition) is 7. The molecule has 2 fully saturated rings. The number of benzene rings is 1. The monoisotopic (exact) mass is 543 g/mol. The minimum atomic E-state index is -0.867. The summed E-state index contributed by atoms with van der Waals surface area (Å²) >= 11 is 0. The Hall–Kier alpha value is -2.25. The molecule has 0 aliphatic carbocycles. The van der Waals surface area contributed by atoms with Gasteiger partial charge in [-0.2, -0.15) is 0 Å². The van der Waals surface area contributed by atoms with Crippen LogP contribution in [0.1, 0.15) is 86.1 Å². The Bertz CT molecular complexity index is 1020. The SMILES string of the molecule is COc1ccc(CN2[C@H]3C[C@@H](C(C)=O)OC(=O)C[C@H](OC)C(C)(C)C(=O)[C@H](C)[C@@H](C)[C@@H](C)CCC[C@]32C)cc1. The smallest absolute Gasteiger partial charge is 0.309 e. The summed E-state index contributed by atoms with van der Waals surface area (Å²) in [5, 5.41) is 0. The van der Waals surface area contributed by atoms with Crippen molar-refractivity contribution in [3.05, 3.63) is 29.8 Å². The number of carbonyl (C=O) groups is 3. The van der Waals surface area contributed by atoms with E-state index in [1.54, 1.807) is 7.11 Å². The highest BCUT2D eigenvalue weighted by atomic mass is 16.6. The largest absolute Gasteiger partial charge is 0.497 e. The number of ether oxygens (including phenoxy) is 3. The molecular formula is C32H49NO6. The van der Waals surface area contributed by atoms with E-state index in [2.05, 4.69) is 37.8 Å². The first-order valence-electron chi connectivity index (χ1n) is 14.4. The highest BCUT2D eigenvalue weighted by Crippen LogP contribution is 2.49. The maximum absolute atomic E-state index is 13.6. The molecule has 0 amide bonds. The minimum absolute atomic E-state index is 0.0762. The normalized spacial score (nSPS) is 36.0. The molecule has 2 heterocycles. The number of esters is 1. The second-order valence-electron chi connectivity index (χ2n) is 12.7. The zero-order valence-corrected chi connectivity index (χ0v) is 25.4. The van der Waals surface area contributed by atoms with Gasteiger partial charge in [-0.05, 0) is 49.8 Å². The van der Waals surface area contributed by atoms with Crippen LogP contribution in [0.5, 0.6) is 5.75 Å². The first-order chi connectivity index (χ1) is 18.3. The Morgan fingerprint density at radius 1 is 1.08 bits per heavy atom. The van der Waals surface area contributed by atoms with Gasteiger partial charge in [0.25, 0.3) is 0 Å². The van der Waals surface area contributed by atoms with Gasteiger partial charge in [-0.1, -0.05) is 59.6 Å². The van der Waals surface area contributed by atoms with Crippen LogP contribution in [-0.4, -0.2) is 60.4 Å². The third-order valence-corrected chi connectivity index (χ3v) is 9.88. The molecule has 0 spiro atoms. The average Bonchev–Trinajstić information content (AvgIpc) is 3.44. The summed E-state index contributed by atoms with van der Waals surface area (Å²) in [6, 6.07) is 8.19. The molecule has 3 rings (SSSR count). The lowest BCUT2D eigenvalue weighted by Gasteiger charge is -2.36. The van der Waals surface area contributed by atoms with Gasteiger partial charge < -0.3 is 14.2 Å². The zero-order valence-electron chi connectivity index (χ0n) is 25.4. The lowest BCUT2D eigenvalue weighted by molar-refractivity contribution is -0.160. The third-order valence-electron chi connectivity index (χ3n) is 9.88. The Balaban J connectivity index is 1.89. The molecule has 7 nitrogen and oxygen atoms in total. The van der Waals surface area contributed by atoms with E-state index < -0.39 is 23.6 Å².